The van der Waals surface area contributed by atoms with Gasteiger partial charge >= 0.3 is 0 Å². The Hall–Kier alpha value is -2.45. The highest BCUT2D eigenvalue weighted by molar-refractivity contribution is 7.12. The number of fused-ring (bicyclic) bond motifs is 1. The fourth-order valence-electron chi connectivity index (χ4n) is 2.40. The monoisotopic (exact) mass is 376 g/mol. The predicted octanol–water partition coefficient (Wildman–Crippen LogP) is 3.71. The summed E-state index contributed by atoms with van der Waals surface area (Å²) in [6, 6.07) is 6.17. The normalized spacial score (nSPS) is 12.8. The lowest BCUT2D eigenvalue weighted by atomic mass is 10.2. The number of thiazole rings is 1. The van der Waals surface area contributed by atoms with E-state index in [1.165, 1.54) is 34.8 Å². The molecule has 4 rings (SSSR count). The van der Waals surface area contributed by atoms with E-state index >= 15 is 0 Å². The Labute approximate surface area is 151 Å². The van der Waals surface area contributed by atoms with Gasteiger partial charge in [0.05, 0.1) is 12.2 Å². The standard InChI is InChI=1S/C17H13FN2O3S2/c18-11-3-1-10(2-4-11)12-8-24-14(20-12)7-19-17(21)16-15-13(9-25-16)22-5-6-23-15/h1-4,8-9H,5-7H2,(H,19,21). The minimum absolute atomic E-state index is 0.213. The predicted molar refractivity (Wildman–Crippen MR) is 94.0 cm³/mol. The molecule has 0 spiro atoms. The number of nitrogens with zero attached hydrogens (tertiary/aromatic N) is 1. The molecular formula is C17H13FN2O3S2. The van der Waals surface area contributed by atoms with Crippen LogP contribution in [0.1, 0.15) is 14.7 Å². The number of nitrogens with one attached hydrogen (secondary N) is 1. The van der Waals surface area contributed by atoms with Crippen molar-refractivity contribution in [1.82, 2.24) is 10.3 Å². The van der Waals surface area contributed by atoms with Crippen molar-refractivity contribution >= 4 is 28.6 Å². The number of thiophene rings is 1. The number of hydrogen-bond acceptors (Lipinski definition) is 6. The second-order valence-electron chi connectivity index (χ2n) is 5.27. The number of benzene rings is 1. The summed E-state index contributed by atoms with van der Waals surface area (Å²) >= 11 is 2.74. The molecule has 0 atom stereocenters. The van der Waals surface area contributed by atoms with Crippen LogP contribution in [-0.2, 0) is 6.54 Å². The van der Waals surface area contributed by atoms with Gasteiger partial charge in [-0.2, -0.15) is 0 Å². The van der Waals surface area contributed by atoms with Crippen LogP contribution in [0, 0.1) is 5.82 Å². The molecule has 0 saturated carbocycles. The third-order valence-electron chi connectivity index (χ3n) is 3.60. The van der Waals surface area contributed by atoms with Gasteiger partial charge in [-0.1, -0.05) is 0 Å². The van der Waals surface area contributed by atoms with Gasteiger partial charge in [0.2, 0.25) is 0 Å². The Balaban J connectivity index is 1.42. The number of rotatable bonds is 4. The fourth-order valence-corrected chi connectivity index (χ4v) is 3.99. The Bertz CT molecular complexity index is 905. The van der Waals surface area contributed by atoms with Crippen LogP contribution in [-0.4, -0.2) is 24.1 Å². The summed E-state index contributed by atoms with van der Waals surface area (Å²) in [6.45, 7) is 1.26. The molecule has 1 aliphatic rings. The number of carbonyl (C=O) groups is 1. The van der Waals surface area contributed by atoms with Crippen molar-refractivity contribution in [2.45, 2.75) is 6.54 Å². The van der Waals surface area contributed by atoms with Gasteiger partial charge in [-0.25, -0.2) is 9.37 Å². The van der Waals surface area contributed by atoms with Crippen LogP contribution in [0.4, 0.5) is 4.39 Å². The minimum Gasteiger partial charge on any atom is -0.485 e. The van der Waals surface area contributed by atoms with Gasteiger partial charge in [0.15, 0.2) is 11.5 Å². The molecule has 25 heavy (non-hydrogen) atoms. The first-order chi connectivity index (χ1) is 12.2. The number of amides is 1. The highest BCUT2D eigenvalue weighted by Gasteiger charge is 2.23. The number of halogens is 1. The highest BCUT2D eigenvalue weighted by atomic mass is 32.1. The minimum atomic E-state index is -0.281. The van der Waals surface area contributed by atoms with Crippen LogP contribution in [0.5, 0.6) is 11.5 Å². The van der Waals surface area contributed by atoms with Gasteiger partial charge in [0.1, 0.15) is 28.9 Å². The molecule has 1 aromatic carbocycles. The van der Waals surface area contributed by atoms with Gasteiger partial charge in [-0.15, -0.1) is 22.7 Å². The zero-order chi connectivity index (χ0) is 17.2. The average molecular weight is 376 g/mol. The molecule has 5 nitrogen and oxygen atoms in total. The number of ether oxygens (including phenoxy) is 2. The van der Waals surface area contributed by atoms with Crippen LogP contribution in [0.25, 0.3) is 11.3 Å². The van der Waals surface area contributed by atoms with Gasteiger partial charge in [0, 0.05) is 16.3 Å². The number of aromatic nitrogens is 1. The van der Waals surface area contributed by atoms with E-state index in [0.29, 0.717) is 36.1 Å². The zero-order valence-electron chi connectivity index (χ0n) is 13.0. The Morgan fingerprint density at radius 3 is 2.80 bits per heavy atom. The Morgan fingerprint density at radius 2 is 1.96 bits per heavy atom. The van der Waals surface area contributed by atoms with Crippen molar-refractivity contribution in [2.24, 2.45) is 0 Å². The second-order valence-corrected chi connectivity index (χ2v) is 7.09. The summed E-state index contributed by atoms with van der Waals surface area (Å²) in [7, 11) is 0. The molecule has 0 unspecified atom stereocenters. The number of carbonyl (C=O) groups excluding carboxylic acids is 1. The Kier molecular flexibility index (Phi) is 4.37. The average Bonchev–Trinajstić information content (AvgIpc) is 3.27. The van der Waals surface area contributed by atoms with Gasteiger partial charge in [-0.3, -0.25) is 4.79 Å². The van der Waals surface area contributed by atoms with E-state index < -0.39 is 0 Å². The van der Waals surface area contributed by atoms with Crippen molar-refractivity contribution < 1.29 is 18.7 Å². The maximum absolute atomic E-state index is 13.0. The number of hydrogen-bond donors (Lipinski definition) is 1. The lowest BCUT2D eigenvalue weighted by Crippen LogP contribution is -2.23. The molecule has 128 valence electrons. The maximum atomic E-state index is 13.0. The van der Waals surface area contributed by atoms with E-state index in [1.807, 2.05) is 5.38 Å². The van der Waals surface area contributed by atoms with Crippen LogP contribution in [0.3, 0.4) is 0 Å². The highest BCUT2D eigenvalue weighted by Crippen LogP contribution is 2.39. The van der Waals surface area contributed by atoms with Crippen molar-refractivity contribution in [2.75, 3.05) is 13.2 Å². The van der Waals surface area contributed by atoms with Crippen molar-refractivity contribution in [3.05, 3.63) is 50.7 Å². The Morgan fingerprint density at radius 1 is 1.16 bits per heavy atom. The zero-order valence-corrected chi connectivity index (χ0v) is 14.6. The molecule has 1 amide bonds. The van der Waals surface area contributed by atoms with E-state index in [2.05, 4.69) is 10.3 Å². The van der Waals surface area contributed by atoms with E-state index in [-0.39, 0.29) is 11.7 Å². The topological polar surface area (TPSA) is 60.5 Å². The summed E-state index contributed by atoms with van der Waals surface area (Å²) in [5, 5.41) is 7.29. The SMILES string of the molecule is O=C(NCc1nc(-c2ccc(F)cc2)cs1)c1scc2c1OCCO2. The molecule has 1 aliphatic heterocycles. The van der Waals surface area contributed by atoms with E-state index in [4.69, 9.17) is 9.47 Å². The first kappa shape index (κ1) is 16.0. The van der Waals surface area contributed by atoms with E-state index in [0.717, 1.165) is 16.3 Å². The second kappa shape index (κ2) is 6.81. The third kappa shape index (κ3) is 3.35. The fraction of sp³-hybridized carbons (Fsp3) is 0.176. The molecule has 0 bridgehead atoms. The molecule has 0 aliphatic carbocycles. The van der Waals surface area contributed by atoms with E-state index in [1.54, 1.807) is 17.5 Å². The quantitative estimate of drug-likeness (QED) is 0.754. The third-order valence-corrected chi connectivity index (χ3v) is 5.39. The lowest BCUT2D eigenvalue weighted by molar-refractivity contribution is 0.0946. The lowest BCUT2D eigenvalue weighted by Gasteiger charge is -2.15. The first-order valence-electron chi connectivity index (χ1n) is 7.56. The summed E-state index contributed by atoms with van der Waals surface area (Å²) in [4.78, 5) is 17.3. The molecule has 8 heteroatoms. The molecule has 3 heterocycles. The molecule has 1 N–H and O–H groups in total. The summed E-state index contributed by atoms with van der Waals surface area (Å²) in [5.41, 5.74) is 1.60. The van der Waals surface area contributed by atoms with Gasteiger partial charge in [0.25, 0.3) is 5.91 Å². The largest absolute Gasteiger partial charge is 0.485 e. The molecule has 0 fully saturated rings. The molecule has 2 aromatic heterocycles. The van der Waals surface area contributed by atoms with Crippen molar-refractivity contribution in [3.8, 4) is 22.8 Å². The summed E-state index contributed by atoms with van der Waals surface area (Å²) < 4.78 is 24.0. The summed E-state index contributed by atoms with van der Waals surface area (Å²) in [5.74, 6) is 0.640. The van der Waals surface area contributed by atoms with Crippen LogP contribution >= 0.6 is 22.7 Å². The van der Waals surface area contributed by atoms with E-state index in [9.17, 15) is 9.18 Å². The molecule has 0 radical (unpaired) electrons. The van der Waals surface area contributed by atoms with Crippen LogP contribution < -0.4 is 14.8 Å². The molecule has 3 aromatic rings. The first-order valence-corrected chi connectivity index (χ1v) is 9.32. The van der Waals surface area contributed by atoms with Crippen LogP contribution in [0.2, 0.25) is 0 Å². The van der Waals surface area contributed by atoms with Crippen molar-refractivity contribution in [1.29, 1.82) is 0 Å². The maximum Gasteiger partial charge on any atom is 0.265 e. The van der Waals surface area contributed by atoms with Gasteiger partial charge < -0.3 is 14.8 Å². The molecule has 0 saturated heterocycles. The summed E-state index contributed by atoms with van der Waals surface area (Å²) in [6.07, 6.45) is 0. The van der Waals surface area contributed by atoms with Gasteiger partial charge in [-0.05, 0) is 24.3 Å². The smallest absolute Gasteiger partial charge is 0.265 e. The van der Waals surface area contributed by atoms with Crippen LogP contribution in [0.15, 0.2) is 35.0 Å². The molecular weight excluding hydrogens is 363 g/mol. The van der Waals surface area contributed by atoms with Crippen molar-refractivity contribution in [3.63, 3.8) is 0 Å².